The molecule has 1 aromatic rings. The molecular formula is C17H27FN2O. The molecule has 21 heavy (non-hydrogen) atoms. The number of hydrogen-bond acceptors (Lipinski definition) is 3. The van der Waals surface area contributed by atoms with Gasteiger partial charge in [0.05, 0.1) is 11.3 Å². The Bertz CT molecular complexity index is 484. The van der Waals surface area contributed by atoms with E-state index in [4.69, 9.17) is 0 Å². The monoisotopic (exact) mass is 294 g/mol. The van der Waals surface area contributed by atoms with Gasteiger partial charge in [0.2, 0.25) is 0 Å². The summed E-state index contributed by atoms with van der Waals surface area (Å²) in [5.74, 6) is -0.176. The molecule has 4 heteroatoms. The van der Waals surface area contributed by atoms with Gasteiger partial charge in [-0.2, -0.15) is 0 Å². The van der Waals surface area contributed by atoms with Crippen molar-refractivity contribution in [2.75, 3.05) is 18.0 Å². The van der Waals surface area contributed by atoms with Crippen LogP contribution in [0.3, 0.4) is 0 Å². The Labute approximate surface area is 127 Å². The molecule has 0 unspecified atom stereocenters. The van der Waals surface area contributed by atoms with Crippen molar-refractivity contribution < 1.29 is 9.50 Å². The fraction of sp³-hybridized carbons (Fsp3) is 0.647. The highest BCUT2D eigenvalue weighted by atomic mass is 19.1. The summed E-state index contributed by atoms with van der Waals surface area (Å²) in [6.07, 6.45) is 1.36. The van der Waals surface area contributed by atoms with Crippen LogP contribution < -0.4 is 10.2 Å². The van der Waals surface area contributed by atoms with Crippen molar-refractivity contribution in [2.45, 2.75) is 58.2 Å². The molecule has 0 aliphatic carbocycles. The van der Waals surface area contributed by atoms with Gasteiger partial charge in [-0.1, -0.05) is 6.07 Å². The molecule has 0 radical (unpaired) electrons. The maximum absolute atomic E-state index is 14.3. The van der Waals surface area contributed by atoms with Crippen molar-refractivity contribution in [3.8, 4) is 0 Å². The maximum Gasteiger partial charge on any atom is 0.146 e. The standard InChI is InChI=1S/C17H27FN2O/c1-16(2,3)19-12-13-5-6-15(14(18)11-13)20-9-7-17(4,21)8-10-20/h5-6,11,19,21H,7-10,12H2,1-4H3. The first-order valence-electron chi connectivity index (χ1n) is 7.67. The third kappa shape index (κ3) is 4.68. The number of benzene rings is 1. The minimum absolute atomic E-state index is 0.0214. The van der Waals surface area contributed by atoms with E-state index in [0.29, 0.717) is 38.2 Å². The normalized spacial score (nSPS) is 18.9. The molecule has 0 bridgehead atoms. The molecule has 2 N–H and O–H groups in total. The Morgan fingerprint density at radius 3 is 2.43 bits per heavy atom. The molecule has 0 atom stereocenters. The SMILES string of the molecule is CC1(O)CCN(c2ccc(CNC(C)(C)C)cc2F)CC1. The summed E-state index contributed by atoms with van der Waals surface area (Å²) < 4.78 is 14.3. The summed E-state index contributed by atoms with van der Waals surface area (Å²) in [5, 5.41) is 13.3. The van der Waals surface area contributed by atoms with Crippen molar-refractivity contribution in [1.29, 1.82) is 0 Å². The van der Waals surface area contributed by atoms with Crippen molar-refractivity contribution in [2.24, 2.45) is 0 Å². The minimum atomic E-state index is -0.608. The number of rotatable bonds is 3. The summed E-state index contributed by atoms with van der Waals surface area (Å²) in [5.41, 5.74) is 1.01. The molecule has 2 rings (SSSR count). The predicted molar refractivity (Wildman–Crippen MR) is 85.1 cm³/mol. The summed E-state index contributed by atoms with van der Waals surface area (Å²) in [4.78, 5) is 2.02. The average molecular weight is 294 g/mol. The Balaban J connectivity index is 2.03. The molecule has 3 nitrogen and oxygen atoms in total. The predicted octanol–water partition coefficient (Wildman–Crippen LogP) is 3.07. The molecule has 1 saturated heterocycles. The molecule has 1 aromatic carbocycles. The van der Waals surface area contributed by atoms with E-state index in [2.05, 4.69) is 26.1 Å². The Hall–Kier alpha value is -1.13. The number of nitrogens with one attached hydrogen (secondary N) is 1. The van der Waals surface area contributed by atoms with Gasteiger partial charge in [-0.3, -0.25) is 0 Å². The third-order valence-corrected chi connectivity index (χ3v) is 4.02. The lowest BCUT2D eigenvalue weighted by Crippen LogP contribution is -2.42. The zero-order chi connectivity index (χ0) is 15.7. The lowest BCUT2D eigenvalue weighted by molar-refractivity contribution is 0.0350. The molecule has 0 saturated carbocycles. The van der Waals surface area contributed by atoms with Gasteiger partial charge in [0, 0.05) is 25.2 Å². The van der Waals surface area contributed by atoms with Crippen LogP contribution in [0.15, 0.2) is 18.2 Å². The van der Waals surface area contributed by atoms with E-state index >= 15 is 0 Å². The highest BCUT2D eigenvalue weighted by Crippen LogP contribution is 2.28. The largest absolute Gasteiger partial charge is 0.390 e. The van der Waals surface area contributed by atoms with Crippen molar-refractivity contribution >= 4 is 5.69 Å². The number of halogens is 1. The van der Waals surface area contributed by atoms with E-state index in [0.717, 1.165) is 5.56 Å². The molecule has 118 valence electrons. The first-order valence-corrected chi connectivity index (χ1v) is 7.67. The average Bonchev–Trinajstić information content (AvgIpc) is 2.36. The van der Waals surface area contributed by atoms with E-state index in [9.17, 15) is 9.50 Å². The Morgan fingerprint density at radius 1 is 1.29 bits per heavy atom. The van der Waals surface area contributed by atoms with Crippen molar-refractivity contribution in [3.63, 3.8) is 0 Å². The van der Waals surface area contributed by atoms with Gasteiger partial charge in [0.25, 0.3) is 0 Å². The van der Waals surface area contributed by atoms with E-state index in [-0.39, 0.29) is 11.4 Å². The molecule has 1 fully saturated rings. The van der Waals surface area contributed by atoms with Gasteiger partial charge in [0.15, 0.2) is 0 Å². The van der Waals surface area contributed by atoms with E-state index < -0.39 is 5.60 Å². The van der Waals surface area contributed by atoms with E-state index in [1.54, 1.807) is 6.07 Å². The quantitative estimate of drug-likeness (QED) is 0.899. The summed E-state index contributed by atoms with van der Waals surface area (Å²) in [6.45, 7) is 10.2. The second kappa shape index (κ2) is 5.93. The third-order valence-electron chi connectivity index (χ3n) is 4.02. The highest BCUT2D eigenvalue weighted by Gasteiger charge is 2.28. The van der Waals surface area contributed by atoms with Crippen molar-refractivity contribution in [1.82, 2.24) is 5.32 Å². The second-order valence-corrected chi connectivity index (χ2v) is 7.37. The van der Waals surface area contributed by atoms with Gasteiger partial charge in [-0.15, -0.1) is 0 Å². The first kappa shape index (κ1) is 16.2. The maximum atomic E-state index is 14.3. The molecular weight excluding hydrogens is 267 g/mol. The van der Waals surface area contributed by atoms with E-state index in [1.807, 2.05) is 24.0 Å². The minimum Gasteiger partial charge on any atom is -0.390 e. The fourth-order valence-electron chi connectivity index (χ4n) is 2.51. The van der Waals surface area contributed by atoms with Crippen molar-refractivity contribution in [3.05, 3.63) is 29.6 Å². The molecule has 0 spiro atoms. The molecule has 0 aromatic heterocycles. The summed E-state index contributed by atoms with van der Waals surface area (Å²) >= 11 is 0. The van der Waals surface area contributed by atoms with Crippen LogP contribution in [0.2, 0.25) is 0 Å². The van der Waals surface area contributed by atoms with Gasteiger partial charge in [-0.25, -0.2) is 4.39 Å². The smallest absolute Gasteiger partial charge is 0.146 e. The molecule has 1 heterocycles. The van der Waals surface area contributed by atoms with Crippen LogP contribution in [-0.4, -0.2) is 29.3 Å². The number of nitrogens with zero attached hydrogens (tertiary/aromatic N) is 1. The van der Waals surface area contributed by atoms with Crippen LogP contribution in [0.5, 0.6) is 0 Å². The van der Waals surface area contributed by atoms with Crippen LogP contribution >= 0.6 is 0 Å². The van der Waals surface area contributed by atoms with Crippen LogP contribution in [0.25, 0.3) is 0 Å². The van der Waals surface area contributed by atoms with Gasteiger partial charge >= 0.3 is 0 Å². The number of aliphatic hydroxyl groups is 1. The molecule has 1 aliphatic rings. The zero-order valence-corrected chi connectivity index (χ0v) is 13.5. The summed E-state index contributed by atoms with van der Waals surface area (Å²) in [6, 6.07) is 5.44. The number of piperidine rings is 1. The van der Waals surface area contributed by atoms with Gasteiger partial charge in [0.1, 0.15) is 5.82 Å². The highest BCUT2D eigenvalue weighted by molar-refractivity contribution is 5.49. The van der Waals surface area contributed by atoms with Gasteiger partial charge in [-0.05, 0) is 58.2 Å². The molecule has 0 amide bonds. The molecule has 1 aliphatic heterocycles. The fourth-order valence-corrected chi connectivity index (χ4v) is 2.51. The second-order valence-electron chi connectivity index (χ2n) is 7.37. The first-order chi connectivity index (χ1) is 9.66. The Kier molecular flexibility index (Phi) is 4.59. The topological polar surface area (TPSA) is 35.5 Å². The Morgan fingerprint density at radius 2 is 1.90 bits per heavy atom. The van der Waals surface area contributed by atoms with Crippen LogP contribution in [0, 0.1) is 5.82 Å². The van der Waals surface area contributed by atoms with Crippen LogP contribution in [0.1, 0.15) is 46.1 Å². The van der Waals surface area contributed by atoms with E-state index in [1.165, 1.54) is 0 Å². The number of anilines is 1. The lowest BCUT2D eigenvalue weighted by atomic mass is 9.93. The zero-order valence-electron chi connectivity index (χ0n) is 13.5. The summed E-state index contributed by atoms with van der Waals surface area (Å²) in [7, 11) is 0. The van der Waals surface area contributed by atoms with Gasteiger partial charge < -0.3 is 15.3 Å². The lowest BCUT2D eigenvalue weighted by Gasteiger charge is -2.37. The number of hydrogen-bond donors (Lipinski definition) is 2. The van der Waals surface area contributed by atoms with Crippen LogP contribution in [-0.2, 0) is 6.54 Å². The van der Waals surface area contributed by atoms with Crippen LogP contribution in [0.4, 0.5) is 10.1 Å².